The Morgan fingerprint density at radius 1 is 1.19 bits per heavy atom. The number of nitrogens with zero attached hydrogens (tertiary/aromatic N) is 2. The molecule has 2 heterocycles. The summed E-state index contributed by atoms with van der Waals surface area (Å²) in [6.45, 7) is 3.22. The van der Waals surface area contributed by atoms with Gasteiger partial charge in [0.1, 0.15) is 5.67 Å². The third-order valence-electron chi connectivity index (χ3n) is 4.68. The molecule has 1 aliphatic rings. The van der Waals surface area contributed by atoms with Gasteiger partial charge in [0, 0.05) is 32.7 Å². The van der Waals surface area contributed by atoms with Crippen molar-refractivity contribution in [2.24, 2.45) is 0 Å². The van der Waals surface area contributed by atoms with Crippen LogP contribution >= 0.6 is 0 Å². The van der Waals surface area contributed by atoms with Gasteiger partial charge in [-0.05, 0) is 6.92 Å². The second-order valence-corrected chi connectivity index (χ2v) is 6.84. The minimum Gasteiger partial charge on any atom is -0.493 e. The summed E-state index contributed by atoms with van der Waals surface area (Å²) in [4.78, 5) is 12.8. The van der Waals surface area contributed by atoms with Crippen molar-refractivity contribution in [1.82, 2.24) is 9.36 Å². The van der Waals surface area contributed by atoms with E-state index in [9.17, 15) is 14.3 Å². The van der Waals surface area contributed by atoms with Crippen LogP contribution in [-0.2, 0) is 45.8 Å². The number of aryl methyl sites for hydroxylation is 1. The van der Waals surface area contributed by atoms with Gasteiger partial charge in [-0.1, -0.05) is 48.4 Å². The second kappa shape index (κ2) is 6.78. The van der Waals surface area contributed by atoms with E-state index in [4.69, 9.17) is 0 Å². The number of alkyl halides is 1. The molecule has 0 saturated heterocycles. The molecule has 1 aliphatic heterocycles. The van der Waals surface area contributed by atoms with E-state index in [1.165, 1.54) is 16.3 Å². The molecule has 1 atom stereocenters. The maximum atomic E-state index is 14.2. The standard InChI is InChI=1S/C20H18FN2O2.Y/c1-13-8-9-15(14-6-4-3-5-7-14)10-16(13)17-18(24)22-11-20(2,21)12-23(22)19(17)25;/h3-8,10,24H,11-12H2,1-2H3;/q-1;. The predicted molar refractivity (Wildman–Crippen MR) is 94.3 cm³/mol. The molecule has 1 unspecified atom stereocenters. The van der Waals surface area contributed by atoms with Crippen LogP contribution in [0, 0.1) is 13.0 Å². The van der Waals surface area contributed by atoms with Crippen LogP contribution in [-0.4, -0.2) is 20.1 Å². The van der Waals surface area contributed by atoms with Crippen LogP contribution in [0.15, 0.2) is 47.3 Å². The van der Waals surface area contributed by atoms with Crippen molar-refractivity contribution in [3.8, 4) is 28.1 Å². The van der Waals surface area contributed by atoms with E-state index in [1.54, 1.807) is 0 Å². The van der Waals surface area contributed by atoms with Gasteiger partial charge in [-0.3, -0.25) is 4.79 Å². The molecule has 4 nitrogen and oxygen atoms in total. The SMILES string of the molecule is Cc1c[c-]c(-c2ccccc2)cc1-c1c(O)n2n(c1=O)CC(C)(F)C2.[Y]. The molecule has 26 heavy (non-hydrogen) atoms. The first kappa shape index (κ1) is 19.1. The van der Waals surface area contributed by atoms with Crippen LogP contribution in [0.1, 0.15) is 12.5 Å². The summed E-state index contributed by atoms with van der Waals surface area (Å²) in [6.07, 6.45) is 0. The quantitative estimate of drug-likeness (QED) is 0.638. The van der Waals surface area contributed by atoms with Crippen molar-refractivity contribution < 1.29 is 42.2 Å². The van der Waals surface area contributed by atoms with E-state index in [-0.39, 0.29) is 62.8 Å². The van der Waals surface area contributed by atoms with Gasteiger partial charge in [0.2, 0.25) is 5.88 Å². The van der Waals surface area contributed by atoms with Crippen molar-refractivity contribution in [3.63, 3.8) is 0 Å². The molecule has 0 amide bonds. The van der Waals surface area contributed by atoms with E-state index < -0.39 is 5.67 Å². The average molecular weight is 426 g/mol. The summed E-state index contributed by atoms with van der Waals surface area (Å²) in [6, 6.07) is 16.6. The van der Waals surface area contributed by atoms with Gasteiger partial charge in [0.25, 0.3) is 5.56 Å². The summed E-state index contributed by atoms with van der Waals surface area (Å²) in [7, 11) is 0. The Morgan fingerprint density at radius 2 is 1.85 bits per heavy atom. The fourth-order valence-electron chi connectivity index (χ4n) is 3.42. The number of aromatic nitrogens is 2. The molecule has 0 spiro atoms. The molecule has 0 saturated carbocycles. The predicted octanol–water partition coefficient (Wildman–Crippen LogP) is 3.54. The Hall–Kier alpha value is -1.72. The van der Waals surface area contributed by atoms with Crippen LogP contribution < -0.4 is 5.56 Å². The van der Waals surface area contributed by atoms with Crippen molar-refractivity contribution in [2.45, 2.75) is 32.6 Å². The van der Waals surface area contributed by atoms with Crippen molar-refractivity contribution in [1.29, 1.82) is 0 Å². The van der Waals surface area contributed by atoms with Gasteiger partial charge in [-0.25, -0.2) is 13.8 Å². The molecule has 131 valence electrons. The zero-order chi connectivity index (χ0) is 17.8. The second-order valence-electron chi connectivity index (χ2n) is 6.84. The monoisotopic (exact) mass is 426 g/mol. The molecule has 0 aliphatic carbocycles. The first-order valence-electron chi connectivity index (χ1n) is 8.17. The molecule has 3 aromatic rings. The Kier molecular flexibility index (Phi) is 4.97. The molecule has 2 aromatic carbocycles. The van der Waals surface area contributed by atoms with Crippen molar-refractivity contribution in [2.75, 3.05) is 0 Å². The van der Waals surface area contributed by atoms with Crippen LogP contribution in [0.4, 0.5) is 4.39 Å². The fraction of sp³-hybridized carbons (Fsp3) is 0.250. The molecular formula is C20H18FN2O2Y-. The topological polar surface area (TPSA) is 47.2 Å². The zero-order valence-electron chi connectivity index (χ0n) is 14.7. The van der Waals surface area contributed by atoms with Crippen LogP contribution in [0.25, 0.3) is 22.3 Å². The molecule has 0 fully saturated rings. The number of fused-ring (bicyclic) bond motifs is 1. The molecule has 4 rings (SSSR count). The van der Waals surface area contributed by atoms with Gasteiger partial charge < -0.3 is 5.11 Å². The maximum absolute atomic E-state index is 14.2. The van der Waals surface area contributed by atoms with Gasteiger partial charge in [0.15, 0.2) is 0 Å². The Bertz CT molecular complexity index is 1020. The van der Waals surface area contributed by atoms with Crippen molar-refractivity contribution >= 4 is 0 Å². The average Bonchev–Trinajstić information content (AvgIpc) is 3.02. The van der Waals surface area contributed by atoms with Gasteiger partial charge in [0.05, 0.1) is 18.7 Å². The summed E-state index contributed by atoms with van der Waals surface area (Å²) in [5.74, 6) is -0.181. The molecular weight excluding hydrogens is 408 g/mol. The fourth-order valence-corrected chi connectivity index (χ4v) is 3.42. The molecule has 1 N–H and O–H groups in total. The number of halogens is 1. The van der Waals surface area contributed by atoms with Gasteiger partial charge in [-0.15, -0.1) is 29.3 Å². The number of hydrogen-bond donors (Lipinski definition) is 1. The minimum atomic E-state index is -1.52. The normalized spacial score (nSPS) is 18.4. The number of benzene rings is 2. The van der Waals surface area contributed by atoms with Crippen molar-refractivity contribution in [3.05, 3.63) is 64.4 Å². The van der Waals surface area contributed by atoms with E-state index in [0.717, 1.165) is 16.7 Å². The summed E-state index contributed by atoms with van der Waals surface area (Å²) in [5.41, 5.74) is 1.63. The summed E-state index contributed by atoms with van der Waals surface area (Å²) >= 11 is 0. The first-order chi connectivity index (χ1) is 11.9. The van der Waals surface area contributed by atoms with Gasteiger partial charge in [-0.2, -0.15) is 0 Å². The molecule has 0 bridgehead atoms. The third-order valence-corrected chi connectivity index (χ3v) is 4.68. The van der Waals surface area contributed by atoms with Gasteiger partial charge >= 0.3 is 0 Å². The van der Waals surface area contributed by atoms with Crippen LogP contribution in [0.5, 0.6) is 5.88 Å². The van der Waals surface area contributed by atoms with E-state index >= 15 is 0 Å². The minimum absolute atomic E-state index is 0. The third kappa shape index (κ3) is 3.08. The first-order valence-corrected chi connectivity index (χ1v) is 8.17. The Morgan fingerprint density at radius 3 is 2.50 bits per heavy atom. The molecule has 1 aromatic heterocycles. The summed E-state index contributed by atoms with van der Waals surface area (Å²) < 4.78 is 16.8. The maximum Gasteiger partial charge on any atom is 0.277 e. The smallest absolute Gasteiger partial charge is 0.277 e. The van der Waals surface area contributed by atoms with E-state index in [1.807, 2.05) is 49.4 Å². The Balaban J connectivity index is 0.00000196. The largest absolute Gasteiger partial charge is 0.493 e. The van der Waals surface area contributed by atoms with E-state index in [0.29, 0.717) is 5.56 Å². The number of aromatic hydroxyl groups is 1. The van der Waals surface area contributed by atoms with Crippen LogP contribution in [0.2, 0.25) is 0 Å². The van der Waals surface area contributed by atoms with Crippen LogP contribution in [0.3, 0.4) is 0 Å². The molecule has 6 heteroatoms. The van der Waals surface area contributed by atoms with E-state index in [2.05, 4.69) is 6.07 Å². The number of rotatable bonds is 2. The number of hydrogen-bond acceptors (Lipinski definition) is 2. The Labute approximate surface area is 176 Å². The summed E-state index contributed by atoms with van der Waals surface area (Å²) in [5, 5.41) is 10.6. The molecule has 1 radical (unpaired) electrons. The zero-order valence-corrected chi connectivity index (χ0v) is 17.5.